The molecule has 2 aromatic carbocycles. The van der Waals surface area contributed by atoms with Crippen LogP contribution >= 0.6 is 11.5 Å². The molecule has 0 radical (unpaired) electrons. The second kappa shape index (κ2) is 5.51. The van der Waals surface area contributed by atoms with Gasteiger partial charge >= 0.3 is 0 Å². The Labute approximate surface area is 121 Å². The Morgan fingerprint density at radius 1 is 1.10 bits per heavy atom. The molecular weight excluding hydrogens is 270 g/mol. The fraction of sp³-hybridized carbons (Fsp3) is 0.188. The summed E-state index contributed by atoms with van der Waals surface area (Å²) in [7, 11) is 0. The minimum atomic E-state index is 0.0666. The maximum atomic E-state index is 12.3. The van der Waals surface area contributed by atoms with Crippen molar-refractivity contribution in [2.45, 2.75) is 13.5 Å². The van der Waals surface area contributed by atoms with Gasteiger partial charge in [0.15, 0.2) is 0 Å². The number of rotatable bonds is 4. The van der Waals surface area contributed by atoms with Gasteiger partial charge in [0.25, 0.3) is 5.56 Å². The number of aromatic nitrogens is 1. The van der Waals surface area contributed by atoms with Crippen LogP contribution in [0.3, 0.4) is 0 Å². The van der Waals surface area contributed by atoms with Crippen molar-refractivity contribution >= 4 is 21.6 Å². The fourth-order valence-corrected chi connectivity index (χ4v) is 3.22. The van der Waals surface area contributed by atoms with Crippen molar-refractivity contribution in [2.24, 2.45) is 0 Å². The molecule has 3 rings (SSSR count). The third-order valence-corrected chi connectivity index (χ3v) is 4.21. The zero-order chi connectivity index (χ0) is 13.9. The van der Waals surface area contributed by atoms with Crippen LogP contribution in [0.15, 0.2) is 53.3 Å². The van der Waals surface area contributed by atoms with Crippen molar-refractivity contribution < 1.29 is 4.74 Å². The largest absolute Gasteiger partial charge is 0.494 e. The van der Waals surface area contributed by atoms with Crippen LogP contribution in [0.4, 0.5) is 0 Å². The summed E-state index contributed by atoms with van der Waals surface area (Å²) in [5, 5.41) is 0.784. The van der Waals surface area contributed by atoms with Crippen molar-refractivity contribution in [1.29, 1.82) is 0 Å². The van der Waals surface area contributed by atoms with Gasteiger partial charge in [-0.2, -0.15) is 0 Å². The molecule has 0 fully saturated rings. The molecule has 3 nitrogen and oxygen atoms in total. The number of ether oxygens (including phenoxy) is 1. The topological polar surface area (TPSA) is 31.2 Å². The molecule has 1 heterocycles. The first kappa shape index (κ1) is 12.9. The molecule has 4 heteroatoms. The van der Waals surface area contributed by atoms with E-state index < -0.39 is 0 Å². The summed E-state index contributed by atoms with van der Waals surface area (Å²) in [6.45, 7) is 3.13. The van der Waals surface area contributed by atoms with Gasteiger partial charge in [0.05, 0.1) is 23.2 Å². The van der Waals surface area contributed by atoms with E-state index >= 15 is 0 Å². The number of hydrogen-bond acceptors (Lipinski definition) is 3. The van der Waals surface area contributed by atoms with Crippen LogP contribution in [-0.2, 0) is 6.54 Å². The van der Waals surface area contributed by atoms with Gasteiger partial charge in [-0.25, -0.2) is 0 Å². The van der Waals surface area contributed by atoms with Crippen LogP contribution in [0.5, 0.6) is 5.75 Å². The molecule has 0 bridgehead atoms. The number of nitrogens with zero attached hydrogens (tertiary/aromatic N) is 1. The van der Waals surface area contributed by atoms with E-state index in [9.17, 15) is 4.79 Å². The van der Waals surface area contributed by atoms with Crippen LogP contribution in [0.2, 0.25) is 0 Å². The molecule has 0 saturated carbocycles. The van der Waals surface area contributed by atoms with E-state index in [1.807, 2.05) is 55.5 Å². The van der Waals surface area contributed by atoms with Crippen molar-refractivity contribution in [3.8, 4) is 5.75 Å². The van der Waals surface area contributed by atoms with Crippen LogP contribution in [0, 0.1) is 0 Å². The highest BCUT2D eigenvalue weighted by Gasteiger charge is 2.09. The van der Waals surface area contributed by atoms with Gasteiger partial charge in [-0.05, 0) is 25.1 Å². The van der Waals surface area contributed by atoms with Crippen molar-refractivity contribution in [3.63, 3.8) is 0 Å². The van der Waals surface area contributed by atoms with Crippen LogP contribution < -0.4 is 10.3 Å². The van der Waals surface area contributed by atoms with Gasteiger partial charge in [-0.1, -0.05) is 41.9 Å². The molecule has 0 unspecified atom stereocenters. The van der Waals surface area contributed by atoms with E-state index in [2.05, 4.69) is 0 Å². The Kier molecular flexibility index (Phi) is 3.56. The van der Waals surface area contributed by atoms with Gasteiger partial charge in [-0.15, -0.1) is 0 Å². The highest BCUT2D eigenvalue weighted by Crippen LogP contribution is 2.22. The Morgan fingerprint density at radius 3 is 2.65 bits per heavy atom. The summed E-state index contributed by atoms with van der Waals surface area (Å²) >= 11 is 1.49. The summed E-state index contributed by atoms with van der Waals surface area (Å²) in [6.07, 6.45) is 0. The van der Waals surface area contributed by atoms with Gasteiger partial charge in [0.1, 0.15) is 5.75 Å². The minimum absolute atomic E-state index is 0.0666. The molecule has 0 N–H and O–H groups in total. The highest BCUT2D eigenvalue weighted by molar-refractivity contribution is 7.13. The molecule has 0 aliphatic carbocycles. The van der Waals surface area contributed by atoms with Gasteiger partial charge in [0, 0.05) is 5.56 Å². The highest BCUT2D eigenvalue weighted by atomic mass is 32.1. The quantitative estimate of drug-likeness (QED) is 0.734. The lowest BCUT2D eigenvalue weighted by molar-refractivity contribution is 0.336. The average molecular weight is 285 g/mol. The van der Waals surface area contributed by atoms with E-state index in [1.165, 1.54) is 11.5 Å². The molecule has 0 saturated heterocycles. The molecule has 0 spiro atoms. The molecule has 20 heavy (non-hydrogen) atoms. The summed E-state index contributed by atoms with van der Waals surface area (Å²) in [5.41, 5.74) is 1.10. The smallest absolute Gasteiger partial charge is 0.268 e. The van der Waals surface area contributed by atoms with Crippen molar-refractivity contribution in [3.05, 3.63) is 64.4 Å². The first-order valence-electron chi connectivity index (χ1n) is 6.59. The molecular formula is C16H15NO2S. The Morgan fingerprint density at radius 2 is 1.85 bits per heavy atom. The van der Waals surface area contributed by atoms with Gasteiger partial charge in [0.2, 0.25) is 0 Å². The monoisotopic (exact) mass is 285 g/mol. The maximum absolute atomic E-state index is 12.3. The van der Waals surface area contributed by atoms with Crippen LogP contribution in [0.25, 0.3) is 10.1 Å². The van der Waals surface area contributed by atoms with E-state index in [1.54, 1.807) is 3.96 Å². The van der Waals surface area contributed by atoms with Crippen molar-refractivity contribution in [2.75, 3.05) is 6.61 Å². The van der Waals surface area contributed by atoms with E-state index in [4.69, 9.17) is 4.74 Å². The summed E-state index contributed by atoms with van der Waals surface area (Å²) in [5.74, 6) is 0.847. The summed E-state index contributed by atoms with van der Waals surface area (Å²) < 4.78 is 8.41. The average Bonchev–Trinajstić information content (AvgIpc) is 2.79. The second-order valence-electron chi connectivity index (χ2n) is 4.47. The number of benzene rings is 2. The molecule has 3 aromatic rings. The Bertz CT molecular complexity index is 788. The van der Waals surface area contributed by atoms with Gasteiger partial charge in [-0.3, -0.25) is 8.75 Å². The molecule has 0 aliphatic rings. The van der Waals surface area contributed by atoms with E-state index in [0.29, 0.717) is 13.2 Å². The first-order valence-corrected chi connectivity index (χ1v) is 7.36. The number of hydrogen-bond donors (Lipinski definition) is 0. The summed E-state index contributed by atoms with van der Waals surface area (Å²) in [4.78, 5) is 12.3. The van der Waals surface area contributed by atoms with Crippen LogP contribution in [0.1, 0.15) is 12.5 Å². The van der Waals surface area contributed by atoms with Crippen LogP contribution in [-0.4, -0.2) is 10.6 Å². The first-order chi connectivity index (χ1) is 9.79. The Hall–Kier alpha value is -2.07. The number of fused-ring (bicyclic) bond motifs is 1. The standard InChI is InChI=1S/C16H15NO2S/c1-2-19-14-9-5-3-7-12(14)11-17-16(18)13-8-4-6-10-15(13)20-17/h3-10H,2,11H2,1H3. The normalized spacial score (nSPS) is 10.8. The van der Waals surface area contributed by atoms with E-state index in [0.717, 1.165) is 21.4 Å². The number of para-hydroxylation sites is 1. The predicted molar refractivity (Wildman–Crippen MR) is 82.8 cm³/mol. The molecule has 0 atom stereocenters. The zero-order valence-electron chi connectivity index (χ0n) is 11.2. The third kappa shape index (κ3) is 2.34. The summed E-state index contributed by atoms with van der Waals surface area (Å²) in [6, 6.07) is 15.6. The maximum Gasteiger partial charge on any atom is 0.268 e. The van der Waals surface area contributed by atoms with Gasteiger partial charge < -0.3 is 4.74 Å². The molecule has 0 aliphatic heterocycles. The SMILES string of the molecule is CCOc1ccccc1Cn1sc2ccccc2c1=O. The third-order valence-electron chi connectivity index (χ3n) is 3.14. The Balaban J connectivity index is 2.01. The molecule has 102 valence electrons. The van der Waals surface area contributed by atoms with Crippen molar-refractivity contribution in [1.82, 2.24) is 3.96 Å². The fourth-order valence-electron chi connectivity index (χ4n) is 2.21. The molecule has 1 aromatic heterocycles. The lowest BCUT2D eigenvalue weighted by atomic mass is 10.2. The van der Waals surface area contributed by atoms with E-state index in [-0.39, 0.29) is 5.56 Å². The lowest BCUT2D eigenvalue weighted by Crippen LogP contribution is -2.14. The predicted octanol–water partition coefficient (Wildman–Crippen LogP) is 3.51. The lowest BCUT2D eigenvalue weighted by Gasteiger charge is -2.09. The zero-order valence-corrected chi connectivity index (χ0v) is 12.0. The molecule has 0 amide bonds. The minimum Gasteiger partial charge on any atom is -0.494 e. The second-order valence-corrected chi connectivity index (χ2v) is 5.53.